The zero-order valence-corrected chi connectivity index (χ0v) is 15.6. The summed E-state index contributed by atoms with van der Waals surface area (Å²) in [5.41, 5.74) is 4.47. The molecule has 0 aliphatic rings. The second-order valence-corrected chi connectivity index (χ2v) is 7.14. The number of nitriles is 1. The Morgan fingerprint density at radius 1 is 1.30 bits per heavy atom. The fraction of sp³-hybridized carbons (Fsp3) is 0.158. The predicted molar refractivity (Wildman–Crippen MR) is 103 cm³/mol. The number of H-pyrrole nitrogens is 1. The number of aryl methyl sites for hydroxylation is 2. The van der Waals surface area contributed by atoms with Crippen molar-refractivity contribution < 1.29 is 0 Å². The van der Waals surface area contributed by atoms with Crippen LogP contribution in [0.3, 0.4) is 0 Å². The maximum absolute atomic E-state index is 12.2. The van der Waals surface area contributed by atoms with Crippen molar-refractivity contribution >= 4 is 17.4 Å². The van der Waals surface area contributed by atoms with Crippen molar-refractivity contribution in [2.45, 2.75) is 24.8 Å². The van der Waals surface area contributed by atoms with E-state index in [1.54, 1.807) is 6.20 Å². The Bertz CT molecular complexity index is 1240. The third-order valence-electron chi connectivity index (χ3n) is 4.25. The number of nitrogens with one attached hydrogen (secondary N) is 1. The van der Waals surface area contributed by atoms with Gasteiger partial charge < -0.3 is 0 Å². The first kappa shape index (κ1) is 17.1. The number of imidazole rings is 1. The first-order valence-corrected chi connectivity index (χ1v) is 9.29. The Balaban J connectivity index is 1.65. The van der Waals surface area contributed by atoms with Gasteiger partial charge >= 0.3 is 0 Å². The molecule has 0 bridgehead atoms. The van der Waals surface area contributed by atoms with Crippen LogP contribution in [0.15, 0.2) is 52.8 Å². The van der Waals surface area contributed by atoms with E-state index in [4.69, 9.17) is 5.26 Å². The smallest absolute Gasteiger partial charge is 0.272 e. The molecule has 134 valence electrons. The van der Waals surface area contributed by atoms with E-state index in [9.17, 15) is 4.79 Å². The highest BCUT2D eigenvalue weighted by molar-refractivity contribution is 7.98. The van der Waals surface area contributed by atoms with Gasteiger partial charge in [-0.3, -0.25) is 14.5 Å². The van der Waals surface area contributed by atoms with Crippen LogP contribution in [0.2, 0.25) is 0 Å². The number of hydrogen-bond donors (Lipinski definition) is 1. The molecular weight excluding hydrogens is 360 g/mol. The van der Waals surface area contributed by atoms with Crippen LogP contribution in [0, 0.1) is 25.2 Å². The molecule has 0 saturated carbocycles. The van der Waals surface area contributed by atoms with Crippen LogP contribution in [0.5, 0.6) is 0 Å². The van der Waals surface area contributed by atoms with Gasteiger partial charge in [0.05, 0.1) is 11.4 Å². The quantitative estimate of drug-likeness (QED) is 0.553. The van der Waals surface area contributed by atoms with Crippen LogP contribution < -0.4 is 5.56 Å². The fourth-order valence-electron chi connectivity index (χ4n) is 2.88. The predicted octanol–water partition coefficient (Wildman–Crippen LogP) is 2.99. The number of fused-ring (bicyclic) bond motifs is 1. The number of benzene rings is 1. The van der Waals surface area contributed by atoms with Crippen LogP contribution in [0.25, 0.3) is 11.3 Å². The standard InChI is InChI=1S/C19H16N6OS/c1-12-3-4-13(2)16(7-12)24-6-5-21-19(24)27-11-15-8-17(26)25-18(23-15)14(9-20)10-22-25/h3-8,10,22H,11H2,1-2H3. The molecule has 0 spiro atoms. The molecule has 0 radical (unpaired) electrons. The summed E-state index contributed by atoms with van der Waals surface area (Å²) in [6, 6.07) is 9.81. The second-order valence-electron chi connectivity index (χ2n) is 6.20. The van der Waals surface area contributed by atoms with E-state index in [1.165, 1.54) is 34.1 Å². The van der Waals surface area contributed by atoms with Crippen LogP contribution >= 0.6 is 11.8 Å². The number of aromatic amines is 1. The molecular formula is C19H16N6OS. The molecule has 1 aromatic carbocycles. The molecule has 27 heavy (non-hydrogen) atoms. The van der Waals surface area contributed by atoms with E-state index in [1.807, 2.05) is 16.8 Å². The topological polar surface area (TPSA) is 91.8 Å². The average molecular weight is 376 g/mol. The van der Waals surface area contributed by atoms with Crippen LogP contribution in [0.1, 0.15) is 22.4 Å². The number of hydrogen-bond acceptors (Lipinski definition) is 5. The minimum absolute atomic E-state index is 0.241. The zero-order valence-electron chi connectivity index (χ0n) is 14.8. The molecule has 0 aliphatic heterocycles. The summed E-state index contributed by atoms with van der Waals surface area (Å²) in [5.74, 6) is 0.476. The Kier molecular flexibility index (Phi) is 4.30. The van der Waals surface area contributed by atoms with Crippen molar-refractivity contribution in [2.24, 2.45) is 0 Å². The van der Waals surface area contributed by atoms with E-state index in [2.05, 4.69) is 47.1 Å². The lowest BCUT2D eigenvalue weighted by Gasteiger charge is -2.11. The monoisotopic (exact) mass is 376 g/mol. The summed E-state index contributed by atoms with van der Waals surface area (Å²) in [6.45, 7) is 4.12. The molecule has 0 amide bonds. The van der Waals surface area contributed by atoms with Gasteiger partial charge in [0, 0.05) is 30.4 Å². The second kappa shape index (κ2) is 6.78. The van der Waals surface area contributed by atoms with E-state index in [-0.39, 0.29) is 5.56 Å². The van der Waals surface area contributed by atoms with Crippen LogP contribution in [0.4, 0.5) is 0 Å². The molecule has 8 heteroatoms. The first-order valence-electron chi connectivity index (χ1n) is 8.31. The van der Waals surface area contributed by atoms with Gasteiger partial charge in [0.2, 0.25) is 0 Å². The van der Waals surface area contributed by atoms with Gasteiger partial charge in [0.15, 0.2) is 10.8 Å². The molecule has 4 aromatic rings. The number of rotatable bonds is 4. The largest absolute Gasteiger partial charge is 0.295 e. The SMILES string of the molecule is Cc1ccc(C)c(-n2ccnc2SCc2cc(=O)n3[nH]cc(C#N)c3n2)c1. The van der Waals surface area contributed by atoms with Crippen molar-refractivity contribution in [2.75, 3.05) is 0 Å². The molecule has 3 heterocycles. The van der Waals surface area contributed by atoms with Crippen molar-refractivity contribution in [3.63, 3.8) is 0 Å². The highest BCUT2D eigenvalue weighted by Crippen LogP contribution is 2.25. The third-order valence-corrected chi connectivity index (χ3v) is 5.25. The molecule has 0 aliphatic carbocycles. The van der Waals surface area contributed by atoms with Crippen molar-refractivity contribution in [3.05, 3.63) is 75.6 Å². The van der Waals surface area contributed by atoms with Gasteiger partial charge in [0.1, 0.15) is 11.6 Å². The zero-order chi connectivity index (χ0) is 19.0. The van der Waals surface area contributed by atoms with E-state index >= 15 is 0 Å². The van der Waals surface area contributed by atoms with Crippen LogP contribution in [-0.2, 0) is 5.75 Å². The molecule has 0 saturated heterocycles. The van der Waals surface area contributed by atoms with Crippen LogP contribution in [-0.4, -0.2) is 24.1 Å². The maximum Gasteiger partial charge on any atom is 0.272 e. The summed E-state index contributed by atoms with van der Waals surface area (Å²) >= 11 is 1.50. The van der Waals surface area contributed by atoms with Gasteiger partial charge in [-0.05, 0) is 31.0 Å². The first-order chi connectivity index (χ1) is 13.1. The Hall–Kier alpha value is -3.31. The average Bonchev–Trinajstić information content (AvgIpc) is 3.28. The van der Waals surface area contributed by atoms with E-state index in [0.717, 1.165) is 16.4 Å². The molecule has 0 atom stereocenters. The highest BCUT2D eigenvalue weighted by atomic mass is 32.2. The summed E-state index contributed by atoms with van der Waals surface area (Å²) in [4.78, 5) is 21.1. The third kappa shape index (κ3) is 3.13. The molecule has 3 aromatic heterocycles. The molecule has 7 nitrogen and oxygen atoms in total. The van der Waals surface area contributed by atoms with Gasteiger partial charge in [-0.15, -0.1) is 0 Å². The lowest BCUT2D eigenvalue weighted by Crippen LogP contribution is -2.15. The fourth-order valence-corrected chi connectivity index (χ4v) is 3.74. The Morgan fingerprint density at radius 2 is 2.15 bits per heavy atom. The minimum Gasteiger partial charge on any atom is -0.295 e. The molecule has 1 N–H and O–H groups in total. The van der Waals surface area contributed by atoms with E-state index in [0.29, 0.717) is 22.7 Å². The van der Waals surface area contributed by atoms with Gasteiger partial charge in [-0.1, -0.05) is 23.9 Å². The summed E-state index contributed by atoms with van der Waals surface area (Å²) in [5, 5.41) is 12.7. The Labute approximate surface area is 159 Å². The van der Waals surface area contributed by atoms with Gasteiger partial charge in [0.25, 0.3) is 5.56 Å². The summed E-state index contributed by atoms with van der Waals surface area (Å²) in [7, 11) is 0. The highest BCUT2D eigenvalue weighted by Gasteiger charge is 2.12. The lowest BCUT2D eigenvalue weighted by molar-refractivity contribution is 0.878. The Morgan fingerprint density at radius 3 is 2.96 bits per heavy atom. The number of aromatic nitrogens is 5. The molecule has 0 fully saturated rings. The van der Waals surface area contributed by atoms with Gasteiger partial charge in [-0.2, -0.15) is 5.26 Å². The number of nitrogens with zero attached hydrogens (tertiary/aromatic N) is 5. The summed E-state index contributed by atoms with van der Waals surface area (Å²) < 4.78 is 3.30. The molecule has 4 rings (SSSR count). The lowest BCUT2D eigenvalue weighted by atomic mass is 10.1. The maximum atomic E-state index is 12.2. The normalized spacial score (nSPS) is 11.0. The minimum atomic E-state index is -0.241. The van der Waals surface area contributed by atoms with E-state index < -0.39 is 0 Å². The summed E-state index contributed by atoms with van der Waals surface area (Å²) in [6.07, 6.45) is 5.17. The van der Waals surface area contributed by atoms with Crippen molar-refractivity contribution in [1.82, 2.24) is 24.1 Å². The van der Waals surface area contributed by atoms with Crippen molar-refractivity contribution in [3.8, 4) is 11.8 Å². The van der Waals surface area contributed by atoms with Gasteiger partial charge in [-0.25, -0.2) is 14.5 Å². The number of thioether (sulfide) groups is 1. The van der Waals surface area contributed by atoms with Crippen molar-refractivity contribution in [1.29, 1.82) is 5.26 Å². The molecule has 0 unspecified atom stereocenters.